The molecule has 1 aliphatic rings. The van der Waals surface area contributed by atoms with Crippen LogP contribution in [0.5, 0.6) is 0 Å². The molecule has 1 fully saturated rings. The summed E-state index contributed by atoms with van der Waals surface area (Å²) in [6, 6.07) is 2.73. The number of hydrogen-bond acceptors (Lipinski definition) is 2. The molecule has 1 N–H and O–H groups in total. The second-order valence-corrected chi connectivity index (χ2v) is 4.86. The molecule has 1 saturated carbocycles. The van der Waals surface area contributed by atoms with Gasteiger partial charge in [0, 0.05) is 7.11 Å². The second kappa shape index (κ2) is 5.65. The largest absolute Gasteiger partial charge is 0.379 e. The van der Waals surface area contributed by atoms with Gasteiger partial charge in [-0.05, 0) is 31.4 Å². The molecular weight excluding hydrogens is 236 g/mol. The maximum absolute atomic E-state index is 13.9. The third-order valence-electron chi connectivity index (χ3n) is 3.62. The summed E-state index contributed by atoms with van der Waals surface area (Å²) in [4.78, 5) is 0. The minimum atomic E-state index is -0.543. The van der Waals surface area contributed by atoms with Gasteiger partial charge >= 0.3 is 0 Å². The fourth-order valence-corrected chi connectivity index (χ4v) is 2.52. The minimum Gasteiger partial charge on any atom is -0.379 e. The van der Waals surface area contributed by atoms with Crippen LogP contribution in [0, 0.1) is 18.6 Å². The predicted molar refractivity (Wildman–Crippen MR) is 67.8 cm³/mol. The Morgan fingerprint density at radius 1 is 1.22 bits per heavy atom. The molecule has 0 heterocycles. The molecule has 100 valence electrons. The monoisotopic (exact) mass is 255 g/mol. The molecule has 0 aliphatic heterocycles. The summed E-state index contributed by atoms with van der Waals surface area (Å²) in [5, 5.41) is 2.98. The third kappa shape index (κ3) is 2.64. The fourth-order valence-electron chi connectivity index (χ4n) is 2.52. The fraction of sp³-hybridized carbons (Fsp3) is 0.571. The van der Waals surface area contributed by atoms with Gasteiger partial charge in [0.15, 0.2) is 5.82 Å². The van der Waals surface area contributed by atoms with Gasteiger partial charge in [0.1, 0.15) is 11.5 Å². The molecule has 4 heteroatoms. The maximum Gasteiger partial charge on any atom is 0.152 e. The zero-order valence-corrected chi connectivity index (χ0v) is 10.8. The Morgan fingerprint density at radius 3 is 2.67 bits per heavy atom. The number of rotatable bonds is 3. The van der Waals surface area contributed by atoms with Crippen molar-refractivity contribution in [3.8, 4) is 0 Å². The van der Waals surface area contributed by atoms with Crippen LogP contribution in [0.2, 0.25) is 0 Å². The lowest BCUT2D eigenvalue weighted by Gasteiger charge is -2.32. The molecule has 18 heavy (non-hydrogen) atoms. The van der Waals surface area contributed by atoms with Crippen molar-refractivity contribution in [2.45, 2.75) is 44.8 Å². The zero-order valence-electron chi connectivity index (χ0n) is 10.8. The van der Waals surface area contributed by atoms with Crippen LogP contribution in [0.4, 0.5) is 14.5 Å². The molecule has 0 amide bonds. The summed E-state index contributed by atoms with van der Waals surface area (Å²) in [5.74, 6) is -1.05. The number of aryl methyl sites for hydroxylation is 1. The standard InChI is InChI=1S/C14H19F2NO/c1-9-7-8-10(15)14(13(9)16)17-11-5-3-4-6-12(11)18-2/h7-8,11-12,17H,3-6H2,1-2H3. The van der Waals surface area contributed by atoms with Crippen LogP contribution in [-0.2, 0) is 4.74 Å². The highest BCUT2D eigenvalue weighted by Crippen LogP contribution is 2.28. The van der Waals surface area contributed by atoms with E-state index in [4.69, 9.17) is 4.74 Å². The molecule has 2 atom stereocenters. The number of hydrogen-bond donors (Lipinski definition) is 1. The molecule has 0 aromatic heterocycles. The van der Waals surface area contributed by atoms with Crippen LogP contribution in [0.3, 0.4) is 0 Å². The summed E-state index contributed by atoms with van der Waals surface area (Å²) >= 11 is 0. The number of ether oxygens (including phenoxy) is 1. The van der Waals surface area contributed by atoms with E-state index < -0.39 is 11.6 Å². The highest BCUT2D eigenvalue weighted by Gasteiger charge is 2.26. The first-order valence-electron chi connectivity index (χ1n) is 6.37. The Hall–Kier alpha value is -1.16. The first kappa shape index (κ1) is 13.3. The SMILES string of the molecule is COC1CCCCC1Nc1c(F)ccc(C)c1F. The van der Waals surface area contributed by atoms with Crippen molar-refractivity contribution in [3.63, 3.8) is 0 Å². The predicted octanol–water partition coefficient (Wildman–Crippen LogP) is 3.64. The van der Waals surface area contributed by atoms with E-state index in [1.165, 1.54) is 12.1 Å². The van der Waals surface area contributed by atoms with Gasteiger partial charge in [0.25, 0.3) is 0 Å². The Balaban J connectivity index is 2.20. The molecular formula is C14H19F2NO. The maximum atomic E-state index is 13.9. The van der Waals surface area contributed by atoms with Crippen molar-refractivity contribution in [1.29, 1.82) is 0 Å². The highest BCUT2D eigenvalue weighted by atomic mass is 19.1. The van der Waals surface area contributed by atoms with Crippen molar-refractivity contribution < 1.29 is 13.5 Å². The number of nitrogens with one attached hydrogen (secondary N) is 1. The lowest BCUT2D eigenvalue weighted by atomic mass is 9.92. The van der Waals surface area contributed by atoms with Crippen LogP contribution < -0.4 is 5.32 Å². The molecule has 2 rings (SSSR count). The van der Waals surface area contributed by atoms with Crippen molar-refractivity contribution >= 4 is 5.69 Å². The smallest absolute Gasteiger partial charge is 0.152 e. The van der Waals surface area contributed by atoms with Crippen LogP contribution in [0.25, 0.3) is 0 Å². The van der Waals surface area contributed by atoms with Crippen LogP contribution in [0.15, 0.2) is 12.1 Å². The van der Waals surface area contributed by atoms with Crippen LogP contribution >= 0.6 is 0 Å². The van der Waals surface area contributed by atoms with E-state index in [1.54, 1.807) is 14.0 Å². The molecule has 2 nitrogen and oxygen atoms in total. The first-order chi connectivity index (χ1) is 8.63. The van der Waals surface area contributed by atoms with Crippen molar-refractivity contribution in [2.75, 3.05) is 12.4 Å². The normalized spacial score (nSPS) is 24.0. The molecule has 0 spiro atoms. The van der Waals surface area contributed by atoms with E-state index in [9.17, 15) is 8.78 Å². The van der Waals surface area contributed by atoms with Gasteiger partial charge in [0.2, 0.25) is 0 Å². The zero-order chi connectivity index (χ0) is 13.1. The molecule has 0 bridgehead atoms. The number of halogens is 2. The molecule has 2 unspecified atom stereocenters. The van der Waals surface area contributed by atoms with Crippen molar-refractivity contribution in [2.24, 2.45) is 0 Å². The van der Waals surface area contributed by atoms with Gasteiger partial charge in [-0.15, -0.1) is 0 Å². The highest BCUT2D eigenvalue weighted by molar-refractivity contribution is 5.50. The number of anilines is 1. The van der Waals surface area contributed by atoms with E-state index in [1.807, 2.05) is 0 Å². The lowest BCUT2D eigenvalue weighted by Crippen LogP contribution is -2.38. The Kier molecular flexibility index (Phi) is 4.17. The van der Waals surface area contributed by atoms with Crippen molar-refractivity contribution in [1.82, 2.24) is 0 Å². The van der Waals surface area contributed by atoms with Gasteiger partial charge in [0.05, 0.1) is 12.1 Å². The average molecular weight is 255 g/mol. The second-order valence-electron chi connectivity index (χ2n) is 4.86. The average Bonchev–Trinajstić information content (AvgIpc) is 2.39. The van der Waals surface area contributed by atoms with E-state index in [0.717, 1.165) is 25.7 Å². The Bertz CT molecular complexity index is 423. The van der Waals surface area contributed by atoms with E-state index in [2.05, 4.69) is 5.32 Å². The summed E-state index contributed by atoms with van der Waals surface area (Å²) in [6.07, 6.45) is 4.01. The van der Waals surface area contributed by atoms with Crippen LogP contribution in [0.1, 0.15) is 31.2 Å². The summed E-state index contributed by atoms with van der Waals surface area (Å²) in [6.45, 7) is 1.63. The number of benzene rings is 1. The topological polar surface area (TPSA) is 21.3 Å². The molecule has 1 aliphatic carbocycles. The first-order valence-corrected chi connectivity index (χ1v) is 6.37. The van der Waals surface area contributed by atoms with E-state index >= 15 is 0 Å². The quantitative estimate of drug-likeness (QED) is 0.890. The van der Waals surface area contributed by atoms with E-state index in [-0.39, 0.29) is 17.8 Å². The van der Waals surface area contributed by atoms with Gasteiger partial charge in [-0.25, -0.2) is 8.78 Å². The Labute approximate surface area is 106 Å². The van der Waals surface area contributed by atoms with Gasteiger partial charge in [-0.2, -0.15) is 0 Å². The lowest BCUT2D eigenvalue weighted by molar-refractivity contribution is 0.0604. The van der Waals surface area contributed by atoms with Crippen LogP contribution in [-0.4, -0.2) is 19.3 Å². The van der Waals surface area contributed by atoms with Gasteiger partial charge < -0.3 is 10.1 Å². The third-order valence-corrected chi connectivity index (χ3v) is 3.62. The molecule has 0 saturated heterocycles. The summed E-state index contributed by atoms with van der Waals surface area (Å²) < 4.78 is 33.0. The molecule has 0 radical (unpaired) electrons. The van der Waals surface area contributed by atoms with Gasteiger partial charge in [-0.1, -0.05) is 18.9 Å². The summed E-state index contributed by atoms with van der Waals surface area (Å²) in [5.41, 5.74) is 0.424. The molecule has 1 aromatic rings. The summed E-state index contributed by atoms with van der Waals surface area (Å²) in [7, 11) is 1.65. The Morgan fingerprint density at radius 2 is 1.94 bits per heavy atom. The van der Waals surface area contributed by atoms with Gasteiger partial charge in [-0.3, -0.25) is 0 Å². The minimum absolute atomic E-state index is 0.0189. The number of methoxy groups -OCH3 is 1. The van der Waals surface area contributed by atoms with E-state index in [0.29, 0.717) is 5.56 Å². The molecule has 1 aromatic carbocycles. The van der Waals surface area contributed by atoms with Crippen molar-refractivity contribution in [3.05, 3.63) is 29.3 Å².